The number of hydrogen-bond acceptors (Lipinski definition) is 6. The van der Waals surface area contributed by atoms with Gasteiger partial charge >= 0.3 is 0 Å². The van der Waals surface area contributed by atoms with Crippen molar-refractivity contribution in [3.8, 4) is 11.5 Å². The number of hydrogen-bond donors (Lipinski definition) is 1. The molecule has 0 aliphatic heterocycles. The van der Waals surface area contributed by atoms with Crippen LogP contribution in [0, 0.1) is 0 Å². The zero-order valence-corrected chi connectivity index (χ0v) is 25.5. The molecule has 9 nitrogen and oxygen atoms in total. The Morgan fingerprint density at radius 2 is 1.64 bits per heavy atom. The second kappa shape index (κ2) is 13.9. The minimum atomic E-state index is -4.26. The maximum absolute atomic E-state index is 14.2. The third-order valence-corrected chi connectivity index (χ3v) is 9.57. The molecule has 1 aliphatic carbocycles. The Kier molecular flexibility index (Phi) is 10.3. The quantitative estimate of drug-likeness (QED) is 0.307. The number of methoxy groups -OCH3 is 2. The van der Waals surface area contributed by atoms with Gasteiger partial charge in [-0.15, -0.1) is 0 Å². The summed E-state index contributed by atoms with van der Waals surface area (Å²) in [5, 5.41) is 3.49. The number of nitrogens with zero attached hydrogens (tertiary/aromatic N) is 2. The number of halogens is 1. The lowest BCUT2D eigenvalue weighted by atomic mass is 10.1. The Morgan fingerprint density at radius 3 is 2.29 bits per heavy atom. The summed E-state index contributed by atoms with van der Waals surface area (Å²) < 4.78 is 40.0. The summed E-state index contributed by atoms with van der Waals surface area (Å²) in [4.78, 5) is 28.9. The van der Waals surface area contributed by atoms with Gasteiger partial charge in [-0.25, -0.2) is 8.42 Å². The van der Waals surface area contributed by atoms with Crippen molar-refractivity contribution in [1.82, 2.24) is 10.2 Å². The van der Waals surface area contributed by atoms with Gasteiger partial charge in [-0.05, 0) is 55.7 Å². The normalized spacial score (nSPS) is 14.2. The molecule has 0 radical (unpaired) electrons. The van der Waals surface area contributed by atoms with E-state index in [1.54, 1.807) is 61.5 Å². The predicted octanol–water partition coefficient (Wildman–Crippen LogP) is 5.03. The molecule has 11 heteroatoms. The number of nitrogens with one attached hydrogen (secondary N) is 1. The highest BCUT2D eigenvalue weighted by atomic mass is 35.5. The van der Waals surface area contributed by atoms with E-state index in [1.807, 2.05) is 0 Å². The largest absolute Gasteiger partial charge is 0.497 e. The van der Waals surface area contributed by atoms with Crippen LogP contribution in [-0.4, -0.2) is 58.0 Å². The number of benzene rings is 3. The molecule has 3 aromatic rings. The fourth-order valence-electron chi connectivity index (χ4n) is 5.01. The lowest BCUT2D eigenvalue weighted by Gasteiger charge is -2.33. The molecule has 2 amide bonds. The van der Waals surface area contributed by atoms with Crippen LogP contribution in [0.3, 0.4) is 0 Å². The van der Waals surface area contributed by atoms with Gasteiger partial charge in [-0.1, -0.05) is 60.8 Å². The molecular weight excluding hydrogens is 578 g/mol. The van der Waals surface area contributed by atoms with E-state index < -0.39 is 28.5 Å². The van der Waals surface area contributed by atoms with Gasteiger partial charge < -0.3 is 19.7 Å². The van der Waals surface area contributed by atoms with Crippen molar-refractivity contribution in [2.45, 2.75) is 56.1 Å². The summed E-state index contributed by atoms with van der Waals surface area (Å²) >= 11 is 6.45. The first-order valence-electron chi connectivity index (χ1n) is 13.8. The van der Waals surface area contributed by atoms with E-state index in [-0.39, 0.29) is 34.8 Å². The molecule has 224 valence electrons. The minimum absolute atomic E-state index is 0.00618. The Balaban J connectivity index is 1.75. The third-order valence-electron chi connectivity index (χ3n) is 7.43. The molecule has 0 bridgehead atoms. The molecule has 1 aliphatic rings. The standard InChI is InChI=1S/C31H36ClN3O6S/c1-22(31(37)33-24-12-8-9-13-24)34(20-23-11-7-10-16-27(23)32)30(36)21-35(42(38,39)26-14-5-4-6-15-26)28-19-25(40-2)17-18-29(28)41-3/h4-7,10-11,14-19,22,24H,8-9,12-13,20-21H2,1-3H3,(H,33,37). The van der Waals surface area contributed by atoms with Gasteiger partial charge in [0.15, 0.2) is 0 Å². The molecule has 1 atom stereocenters. The fourth-order valence-corrected chi connectivity index (χ4v) is 6.64. The van der Waals surface area contributed by atoms with Crippen molar-refractivity contribution in [1.29, 1.82) is 0 Å². The molecule has 3 aromatic carbocycles. The summed E-state index contributed by atoms with van der Waals surface area (Å²) in [5.74, 6) is -0.288. The summed E-state index contributed by atoms with van der Waals surface area (Å²) in [6, 6.07) is 18.7. The second-order valence-electron chi connectivity index (χ2n) is 10.1. The first-order valence-corrected chi connectivity index (χ1v) is 15.6. The molecular formula is C31H36ClN3O6S. The van der Waals surface area contributed by atoms with Gasteiger partial charge in [0.1, 0.15) is 24.1 Å². The van der Waals surface area contributed by atoms with E-state index in [2.05, 4.69) is 5.32 Å². The minimum Gasteiger partial charge on any atom is -0.497 e. The molecule has 42 heavy (non-hydrogen) atoms. The highest BCUT2D eigenvalue weighted by Crippen LogP contribution is 2.36. The van der Waals surface area contributed by atoms with E-state index in [0.29, 0.717) is 16.3 Å². The zero-order valence-electron chi connectivity index (χ0n) is 24.0. The number of amides is 2. The maximum Gasteiger partial charge on any atom is 0.264 e. The highest BCUT2D eigenvalue weighted by molar-refractivity contribution is 7.92. The average Bonchev–Trinajstić information content (AvgIpc) is 3.52. The van der Waals surface area contributed by atoms with Crippen LogP contribution < -0.4 is 19.1 Å². The second-order valence-corrected chi connectivity index (χ2v) is 12.4. The van der Waals surface area contributed by atoms with Crippen LogP contribution in [0.5, 0.6) is 11.5 Å². The number of carbonyl (C=O) groups is 2. The van der Waals surface area contributed by atoms with Gasteiger partial charge in [0.05, 0.1) is 24.8 Å². The molecule has 0 heterocycles. The molecule has 1 fully saturated rings. The van der Waals surface area contributed by atoms with Gasteiger partial charge in [0.2, 0.25) is 11.8 Å². The van der Waals surface area contributed by atoms with Crippen molar-refractivity contribution in [2.75, 3.05) is 25.1 Å². The van der Waals surface area contributed by atoms with Crippen molar-refractivity contribution >= 4 is 39.1 Å². The smallest absolute Gasteiger partial charge is 0.264 e. The summed E-state index contributed by atoms with van der Waals surface area (Å²) in [6.07, 6.45) is 3.85. The zero-order chi connectivity index (χ0) is 30.3. The van der Waals surface area contributed by atoms with Crippen LogP contribution in [0.25, 0.3) is 0 Å². The number of ether oxygens (including phenoxy) is 2. The van der Waals surface area contributed by atoms with Gasteiger partial charge in [0.25, 0.3) is 10.0 Å². The molecule has 1 unspecified atom stereocenters. The summed E-state index contributed by atoms with van der Waals surface area (Å²) in [6.45, 7) is 1.04. The lowest BCUT2D eigenvalue weighted by molar-refractivity contribution is -0.139. The van der Waals surface area contributed by atoms with E-state index >= 15 is 0 Å². The molecule has 1 saturated carbocycles. The number of anilines is 1. The van der Waals surface area contributed by atoms with E-state index in [1.165, 1.54) is 37.3 Å². The van der Waals surface area contributed by atoms with Crippen molar-refractivity contribution < 1.29 is 27.5 Å². The van der Waals surface area contributed by atoms with Gasteiger partial charge in [-0.3, -0.25) is 13.9 Å². The van der Waals surface area contributed by atoms with E-state index in [0.717, 1.165) is 30.0 Å². The van der Waals surface area contributed by atoms with Crippen molar-refractivity contribution in [3.05, 3.63) is 83.4 Å². The first kappa shape index (κ1) is 31.2. The van der Waals surface area contributed by atoms with Crippen LogP contribution in [0.2, 0.25) is 5.02 Å². The van der Waals surface area contributed by atoms with Gasteiger partial charge in [0, 0.05) is 23.7 Å². The highest BCUT2D eigenvalue weighted by Gasteiger charge is 2.35. The fraction of sp³-hybridized carbons (Fsp3) is 0.355. The Hall–Kier alpha value is -3.76. The summed E-state index contributed by atoms with van der Waals surface area (Å²) in [7, 11) is -1.38. The predicted molar refractivity (Wildman–Crippen MR) is 162 cm³/mol. The first-order chi connectivity index (χ1) is 20.1. The van der Waals surface area contributed by atoms with Crippen molar-refractivity contribution in [3.63, 3.8) is 0 Å². The number of sulfonamides is 1. The van der Waals surface area contributed by atoms with Crippen LogP contribution >= 0.6 is 11.6 Å². The van der Waals surface area contributed by atoms with Crippen molar-refractivity contribution in [2.24, 2.45) is 0 Å². The van der Waals surface area contributed by atoms with E-state index in [9.17, 15) is 18.0 Å². The van der Waals surface area contributed by atoms with E-state index in [4.69, 9.17) is 21.1 Å². The Morgan fingerprint density at radius 1 is 0.976 bits per heavy atom. The molecule has 0 aromatic heterocycles. The van der Waals surface area contributed by atoms with Crippen LogP contribution in [0.15, 0.2) is 77.7 Å². The average molecular weight is 614 g/mol. The maximum atomic E-state index is 14.2. The van der Waals surface area contributed by atoms with Gasteiger partial charge in [-0.2, -0.15) is 0 Å². The third kappa shape index (κ3) is 7.17. The topological polar surface area (TPSA) is 105 Å². The molecule has 0 spiro atoms. The SMILES string of the molecule is COc1ccc(OC)c(N(CC(=O)N(Cc2ccccc2Cl)C(C)C(=O)NC2CCCC2)S(=O)(=O)c2ccccc2)c1. The van der Waals surface area contributed by atoms with Crippen LogP contribution in [0.1, 0.15) is 38.2 Å². The molecule has 4 rings (SSSR count). The number of carbonyl (C=O) groups excluding carboxylic acids is 2. The number of rotatable bonds is 12. The molecule has 1 N–H and O–H groups in total. The van der Waals surface area contributed by atoms with Crippen LogP contribution in [0.4, 0.5) is 5.69 Å². The Labute approximate surface area is 252 Å². The Bertz CT molecular complexity index is 1500. The lowest BCUT2D eigenvalue weighted by Crippen LogP contribution is -2.52. The van der Waals surface area contributed by atoms with Crippen LogP contribution in [-0.2, 0) is 26.2 Å². The monoisotopic (exact) mass is 613 g/mol. The summed E-state index contributed by atoms with van der Waals surface area (Å²) in [5.41, 5.74) is 0.749. The molecule has 0 saturated heterocycles.